The maximum absolute atomic E-state index is 12.9. The van der Waals surface area contributed by atoms with Crippen LogP contribution in [0.25, 0.3) is 11.1 Å². The summed E-state index contributed by atoms with van der Waals surface area (Å²) in [7, 11) is 0. The fourth-order valence-electron chi connectivity index (χ4n) is 3.72. The van der Waals surface area contributed by atoms with Crippen LogP contribution in [-0.2, 0) is 11.2 Å². The number of carbonyl (C=O) groups is 1. The molecule has 106 valence electrons. The van der Waals surface area contributed by atoms with E-state index in [0.29, 0.717) is 5.91 Å². The van der Waals surface area contributed by atoms with Crippen molar-refractivity contribution in [2.24, 2.45) is 0 Å². The van der Waals surface area contributed by atoms with Gasteiger partial charge in [0.25, 0.3) is 0 Å². The van der Waals surface area contributed by atoms with Crippen molar-refractivity contribution in [1.82, 2.24) is 4.90 Å². The topological polar surface area (TPSA) is 20.3 Å². The summed E-state index contributed by atoms with van der Waals surface area (Å²) in [6.45, 7) is 1.86. The van der Waals surface area contributed by atoms with Crippen molar-refractivity contribution in [2.45, 2.75) is 25.2 Å². The van der Waals surface area contributed by atoms with E-state index in [2.05, 4.69) is 53.4 Å². The summed E-state index contributed by atoms with van der Waals surface area (Å²) in [5, 5.41) is 0. The summed E-state index contributed by atoms with van der Waals surface area (Å²) >= 11 is 0. The molecule has 1 amide bonds. The van der Waals surface area contributed by atoms with E-state index in [-0.39, 0.29) is 5.92 Å². The lowest BCUT2D eigenvalue weighted by atomic mass is 9.78. The zero-order chi connectivity index (χ0) is 14.2. The highest BCUT2D eigenvalue weighted by Gasteiger charge is 2.32. The molecule has 0 N–H and O–H groups in total. The summed E-state index contributed by atoms with van der Waals surface area (Å²) in [6, 6.07) is 16.9. The first-order chi connectivity index (χ1) is 10.3. The van der Waals surface area contributed by atoms with E-state index in [9.17, 15) is 4.79 Å². The fraction of sp³-hybridized carbons (Fsp3) is 0.316. The summed E-state index contributed by atoms with van der Waals surface area (Å²) in [5.41, 5.74) is 5.03. The smallest absolute Gasteiger partial charge is 0.230 e. The molecule has 2 heteroatoms. The monoisotopic (exact) mass is 277 g/mol. The molecule has 2 aromatic carbocycles. The van der Waals surface area contributed by atoms with Crippen molar-refractivity contribution in [3.63, 3.8) is 0 Å². The highest BCUT2D eigenvalue weighted by atomic mass is 16.2. The van der Waals surface area contributed by atoms with E-state index in [1.54, 1.807) is 0 Å². The zero-order valence-corrected chi connectivity index (χ0v) is 12.1. The van der Waals surface area contributed by atoms with Gasteiger partial charge in [-0.15, -0.1) is 0 Å². The van der Waals surface area contributed by atoms with Crippen LogP contribution in [0.15, 0.2) is 48.5 Å². The van der Waals surface area contributed by atoms with Crippen LogP contribution >= 0.6 is 0 Å². The summed E-state index contributed by atoms with van der Waals surface area (Å²) in [5.74, 6) is 0.309. The first kappa shape index (κ1) is 12.6. The van der Waals surface area contributed by atoms with E-state index in [0.717, 1.165) is 32.4 Å². The van der Waals surface area contributed by atoms with Crippen molar-refractivity contribution >= 4 is 5.91 Å². The molecule has 0 saturated carbocycles. The van der Waals surface area contributed by atoms with Crippen LogP contribution in [0.2, 0.25) is 0 Å². The summed E-state index contributed by atoms with van der Waals surface area (Å²) in [6.07, 6.45) is 3.13. The van der Waals surface area contributed by atoms with Crippen molar-refractivity contribution in [2.75, 3.05) is 13.1 Å². The molecule has 2 aliphatic rings. The van der Waals surface area contributed by atoms with Crippen LogP contribution in [0.1, 0.15) is 29.9 Å². The molecule has 1 saturated heterocycles. The maximum atomic E-state index is 12.9. The van der Waals surface area contributed by atoms with Crippen LogP contribution in [0.3, 0.4) is 0 Å². The van der Waals surface area contributed by atoms with Crippen molar-refractivity contribution in [1.29, 1.82) is 0 Å². The molecule has 2 aromatic rings. The van der Waals surface area contributed by atoms with Crippen LogP contribution in [0.4, 0.5) is 0 Å². The first-order valence-corrected chi connectivity index (χ1v) is 7.80. The number of rotatable bonds is 1. The molecule has 0 radical (unpaired) electrons. The maximum Gasteiger partial charge on any atom is 0.230 e. The van der Waals surface area contributed by atoms with Gasteiger partial charge in [0.2, 0.25) is 5.91 Å². The van der Waals surface area contributed by atoms with E-state index in [1.165, 1.54) is 22.3 Å². The van der Waals surface area contributed by atoms with Gasteiger partial charge < -0.3 is 4.90 Å². The Hall–Kier alpha value is -2.09. The average molecular weight is 277 g/mol. The Morgan fingerprint density at radius 2 is 1.57 bits per heavy atom. The number of benzene rings is 2. The van der Waals surface area contributed by atoms with Crippen molar-refractivity contribution in [3.05, 3.63) is 59.7 Å². The number of amides is 1. The molecule has 2 nitrogen and oxygen atoms in total. The molecule has 0 spiro atoms. The largest absolute Gasteiger partial charge is 0.342 e. The minimum absolute atomic E-state index is 0.00537. The van der Waals surface area contributed by atoms with Gasteiger partial charge in [0.1, 0.15) is 0 Å². The molecule has 0 aromatic heterocycles. The molecule has 1 heterocycles. The molecular formula is C19H19NO. The van der Waals surface area contributed by atoms with E-state index < -0.39 is 0 Å². The number of fused-ring (bicyclic) bond motifs is 3. The Bertz CT molecular complexity index is 685. The normalized spacial score (nSPS) is 20.0. The lowest BCUT2D eigenvalue weighted by Gasteiger charge is -2.30. The quantitative estimate of drug-likeness (QED) is 0.779. The number of hydrogen-bond acceptors (Lipinski definition) is 1. The van der Waals surface area contributed by atoms with Gasteiger partial charge in [0.05, 0.1) is 5.92 Å². The number of carbonyl (C=O) groups excluding carboxylic acids is 1. The predicted molar refractivity (Wildman–Crippen MR) is 84.1 cm³/mol. The van der Waals surface area contributed by atoms with Gasteiger partial charge in [-0.2, -0.15) is 0 Å². The molecule has 0 bridgehead atoms. The third-order valence-corrected chi connectivity index (χ3v) is 4.78. The Balaban J connectivity index is 1.79. The first-order valence-electron chi connectivity index (χ1n) is 7.80. The van der Waals surface area contributed by atoms with E-state index >= 15 is 0 Å². The third kappa shape index (κ3) is 2.06. The minimum atomic E-state index is -0.00537. The SMILES string of the molecule is O=C(C1Cc2ccccc2-c2ccccc21)N1CCCC1. The standard InChI is InChI=1S/C19H19NO/c21-19(20-11-5-6-12-20)18-13-14-7-1-2-8-15(14)16-9-3-4-10-17(16)18/h1-4,7-10,18H,5-6,11-13H2. The molecule has 1 aliphatic carbocycles. The molecule has 21 heavy (non-hydrogen) atoms. The molecule has 1 atom stereocenters. The van der Waals surface area contributed by atoms with Crippen molar-refractivity contribution < 1.29 is 4.79 Å². The zero-order valence-electron chi connectivity index (χ0n) is 12.1. The van der Waals surface area contributed by atoms with Crippen molar-refractivity contribution in [3.8, 4) is 11.1 Å². The lowest BCUT2D eigenvalue weighted by molar-refractivity contribution is -0.131. The molecule has 4 rings (SSSR count). The molecular weight excluding hydrogens is 258 g/mol. The number of hydrogen-bond donors (Lipinski definition) is 0. The second-order valence-electron chi connectivity index (χ2n) is 6.03. The van der Waals surface area contributed by atoms with E-state index in [4.69, 9.17) is 0 Å². The highest BCUT2D eigenvalue weighted by Crippen LogP contribution is 2.40. The van der Waals surface area contributed by atoms with Crippen LogP contribution in [0, 0.1) is 0 Å². The predicted octanol–water partition coefficient (Wildman–Crippen LogP) is 3.62. The van der Waals surface area contributed by atoms with E-state index in [1.807, 2.05) is 0 Å². The highest BCUT2D eigenvalue weighted by molar-refractivity contribution is 5.89. The summed E-state index contributed by atoms with van der Waals surface area (Å²) < 4.78 is 0. The van der Waals surface area contributed by atoms with Gasteiger partial charge in [-0.1, -0.05) is 48.5 Å². The minimum Gasteiger partial charge on any atom is -0.342 e. The van der Waals surface area contributed by atoms with Gasteiger partial charge in [0.15, 0.2) is 0 Å². The van der Waals surface area contributed by atoms with Gasteiger partial charge >= 0.3 is 0 Å². The Morgan fingerprint density at radius 1 is 0.905 bits per heavy atom. The number of likely N-dealkylation sites (tertiary alicyclic amines) is 1. The van der Waals surface area contributed by atoms with Gasteiger partial charge in [0, 0.05) is 13.1 Å². The molecule has 1 fully saturated rings. The fourth-order valence-corrected chi connectivity index (χ4v) is 3.72. The van der Waals surface area contributed by atoms with Gasteiger partial charge in [-0.25, -0.2) is 0 Å². The summed E-state index contributed by atoms with van der Waals surface area (Å²) in [4.78, 5) is 14.9. The van der Waals surface area contributed by atoms with Gasteiger partial charge in [-0.05, 0) is 41.5 Å². The second kappa shape index (κ2) is 5.03. The second-order valence-corrected chi connectivity index (χ2v) is 6.03. The molecule has 1 aliphatic heterocycles. The Kier molecular flexibility index (Phi) is 3.03. The van der Waals surface area contributed by atoms with Gasteiger partial charge in [-0.3, -0.25) is 4.79 Å². The lowest BCUT2D eigenvalue weighted by Crippen LogP contribution is -2.34. The van der Waals surface area contributed by atoms with Crippen LogP contribution in [0.5, 0.6) is 0 Å². The van der Waals surface area contributed by atoms with Crippen LogP contribution in [-0.4, -0.2) is 23.9 Å². The Morgan fingerprint density at radius 3 is 2.38 bits per heavy atom. The average Bonchev–Trinajstić information content (AvgIpc) is 3.08. The van der Waals surface area contributed by atoms with Crippen LogP contribution < -0.4 is 0 Å². The third-order valence-electron chi connectivity index (χ3n) is 4.78. The Labute approximate surface area is 125 Å². The number of nitrogens with zero attached hydrogens (tertiary/aromatic N) is 1. The molecule has 1 unspecified atom stereocenters.